The number of carboxylic acids is 1. The van der Waals surface area contributed by atoms with E-state index in [1.807, 2.05) is 6.07 Å². The highest BCUT2D eigenvalue weighted by Crippen LogP contribution is 2.38. The number of rotatable bonds is 5. The van der Waals surface area contributed by atoms with Gasteiger partial charge in [0.25, 0.3) is 0 Å². The molecule has 1 aromatic carbocycles. The molecule has 1 fully saturated rings. The van der Waals surface area contributed by atoms with E-state index in [1.165, 1.54) is 18.9 Å². The predicted octanol–water partition coefficient (Wildman–Crippen LogP) is 5.59. The standard InChI is InChI=1S/C23H23ClN4O2/c1-26-19-9-6-14(12-17(19)24)27-22(13-4-2-3-5-13)16-8-10-18-15(21(16)25)7-11-20(28-18)23(29)30/h6-7,9,11-13,16,22,25,27H,2-5,8,10H2,(H,29,30). The zero-order valence-electron chi connectivity index (χ0n) is 16.5. The van der Waals surface area contributed by atoms with Crippen LogP contribution in [0.3, 0.4) is 0 Å². The Morgan fingerprint density at radius 1 is 1.27 bits per heavy atom. The van der Waals surface area contributed by atoms with Gasteiger partial charge in [0.05, 0.1) is 12.3 Å². The lowest BCUT2D eigenvalue weighted by atomic mass is 9.75. The van der Waals surface area contributed by atoms with Crippen molar-refractivity contribution in [3.8, 4) is 0 Å². The van der Waals surface area contributed by atoms with Crippen molar-refractivity contribution < 1.29 is 9.90 Å². The van der Waals surface area contributed by atoms with Crippen LogP contribution in [0.4, 0.5) is 11.4 Å². The molecule has 3 N–H and O–H groups in total. The van der Waals surface area contributed by atoms with Gasteiger partial charge >= 0.3 is 5.97 Å². The minimum Gasteiger partial charge on any atom is -0.477 e. The fourth-order valence-corrected chi connectivity index (χ4v) is 5.02. The van der Waals surface area contributed by atoms with Crippen LogP contribution in [0.1, 0.15) is 53.8 Å². The lowest BCUT2D eigenvalue weighted by molar-refractivity contribution is 0.0690. The summed E-state index contributed by atoms with van der Waals surface area (Å²) in [6.07, 6.45) is 6.05. The third-order valence-electron chi connectivity index (χ3n) is 6.29. The minimum absolute atomic E-state index is 0.0115. The number of carboxylic acid groups (broad SMARTS) is 1. The van der Waals surface area contributed by atoms with Crippen LogP contribution in [-0.4, -0.2) is 27.8 Å². The molecule has 2 aromatic rings. The highest BCUT2D eigenvalue weighted by molar-refractivity contribution is 6.33. The number of halogens is 1. The molecule has 2 aliphatic rings. The molecular weight excluding hydrogens is 400 g/mol. The van der Waals surface area contributed by atoms with Gasteiger partial charge in [-0.05, 0) is 55.9 Å². The summed E-state index contributed by atoms with van der Waals surface area (Å²) in [5, 5.41) is 22.1. The van der Waals surface area contributed by atoms with Crippen LogP contribution in [0, 0.1) is 23.8 Å². The van der Waals surface area contributed by atoms with Crippen LogP contribution in [-0.2, 0) is 6.42 Å². The predicted molar refractivity (Wildman–Crippen MR) is 117 cm³/mol. The van der Waals surface area contributed by atoms with E-state index in [2.05, 4.69) is 15.1 Å². The van der Waals surface area contributed by atoms with E-state index < -0.39 is 5.97 Å². The fourth-order valence-electron chi connectivity index (χ4n) is 4.79. The molecule has 30 heavy (non-hydrogen) atoms. The third-order valence-corrected chi connectivity index (χ3v) is 6.59. The summed E-state index contributed by atoms with van der Waals surface area (Å²) >= 11 is 6.24. The summed E-state index contributed by atoms with van der Waals surface area (Å²) in [5.74, 6) is -0.573. The number of benzene rings is 1. The van der Waals surface area contributed by atoms with Crippen LogP contribution in [0.25, 0.3) is 4.85 Å². The number of aromatic carboxylic acids is 1. The first-order valence-electron chi connectivity index (χ1n) is 10.2. The second-order valence-corrected chi connectivity index (χ2v) is 8.45. The van der Waals surface area contributed by atoms with E-state index in [4.69, 9.17) is 23.6 Å². The number of hydrogen-bond acceptors (Lipinski definition) is 4. The number of pyridine rings is 1. The van der Waals surface area contributed by atoms with Gasteiger partial charge in [0.2, 0.25) is 5.69 Å². The van der Waals surface area contributed by atoms with Crippen LogP contribution in [0.15, 0.2) is 30.3 Å². The average molecular weight is 423 g/mol. The van der Waals surface area contributed by atoms with E-state index >= 15 is 0 Å². The molecular formula is C23H23ClN4O2. The number of hydrogen-bond donors (Lipinski definition) is 3. The second kappa shape index (κ2) is 8.45. The quantitative estimate of drug-likeness (QED) is 0.548. The number of aryl methyl sites for hydroxylation is 1. The maximum atomic E-state index is 11.2. The molecule has 2 atom stereocenters. The number of fused-ring (bicyclic) bond motifs is 1. The largest absolute Gasteiger partial charge is 0.477 e. The van der Waals surface area contributed by atoms with Crippen molar-refractivity contribution in [3.05, 3.63) is 63.7 Å². The van der Waals surface area contributed by atoms with Crippen molar-refractivity contribution in [1.29, 1.82) is 5.41 Å². The van der Waals surface area contributed by atoms with E-state index in [0.717, 1.165) is 30.5 Å². The molecule has 2 unspecified atom stereocenters. The number of nitrogens with zero attached hydrogens (tertiary/aromatic N) is 2. The first-order valence-corrected chi connectivity index (χ1v) is 10.6. The van der Waals surface area contributed by atoms with E-state index in [1.54, 1.807) is 18.2 Å². The van der Waals surface area contributed by atoms with Crippen molar-refractivity contribution in [3.63, 3.8) is 0 Å². The first kappa shape index (κ1) is 20.4. The molecule has 1 aromatic heterocycles. The van der Waals surface area contributed by atoms with E-state index in [9.17, 15) is 9.90 Å². The van der Waals surface area contributed by atoms with Crippen molar-refractivity contribution >= 4 is 34.7 Å². The summed E-state index contributed by atoms with van der Waals surface area (Å²) in [4.78, 5) is 18.9. The molecule has 0 amide bonds. The molecule has 0 radical (unpaired) electrons. The monoisotopic (exact) mass is 422 g/mol. The summed E-state index contributed by atoms with van der Waals surface area (Å²) in [6, 6.07) is 8.69. The van der Waals surface area contributed by atoms with Gasteiger partial charge < -0.3 is 15.8 Å². The van der Waals surface area contributed by atoms with Crippen molar-refractivity contribution in [2.75, 3.05) is 5.32 Å². The van der Waals surface area contributed by atoms with Crippen molar-refractivity contribution in [2.45, 2.75) is 44.6 Å². The Kier molecular flexibility index (Phi) is 5.74. The first-order chi connectivity index (χ1) is 14.5. The van der Waals surface area contributed by atoms with Crippen molar-refractivity contribution in [2.24, 2.45) is 11.8 Å². The highest BCUT2D eigenvalue weighted by atomic mass is 35.5. The highest BCUT2D eigenvalue weighted by Gasteiger charge is 2.37. The molecule has 1 saturated carbocycles. The summed E-state index contributed by atoms with van der Waals surface area (Å²) in [5.41, 5.74) is 3.30. The Hall–Kier alpha value is -2.91. The second-order valence-electron chi connectivity index (χ2n) is 8.05. The summed E-state index contributed by atoms with van der Waals surface area (Å²) < 4.78 is 0. The maximum absolute atomic E-state index is 11.2. The molecule has 6 nitrogen and oxygen atoms in total. The Morgan fingerprint density at radius 3 is 2.70 bits per heavy atom. The lowest BCUT2D eigenvalue weighted by Crippen LogP contribution is -2.42. The Morgan fingerprint density at radius 2 is 2.03 bits per heavy atom. The molecule has 0 bridgehead atoms. The SMILES string of the molecule is [C-]#[N+]c1ccc(NC(C2CCCC2)C2CCc3nc(C(=O)O)ccc3C2=N)cc1Cl. The molecule has 154 valence electrons. The summed E-state index contributed by atoms with van der Waals surface area (Å²) in [7, 11) is 0. The normalized spacial score (nSPS) is 19.7. The van der Waals surface area contributed by atoms with E-state index in [0.29, 0.717) is 34.5 Å². The van der Waals surface area contributed by atoms with Gasteiger partial charge in [0.1, 0.15) is 5.69 Å². The Bertz CT molecular complexity index is 1040. The number of nitrogens with one attached hydrogen (secondary N) is 2. The molecule has 2 aliphatic carbocycles. The molecule has 0 aliphatic heterocycles. The lowest BCUT2D eigenvalue weighted by Gasteiger charge is -2.36. The Labute approximate surface area is 180 Å². The number of carbonyl (C=O) groups is 1. The zero-order valence-corrected chi connectivity index (χ0v) is 17.2. The van der Waals surface area contributed by atoms with Crippen LogP contribution >= 0.6 is 11.6 Å². The maximum Gasteiger partial charge on any atom is 0.354 e. The van der Waals surface area contributed by atoms with Crippen LogP contribution in [0.5, 0.6) is 0 Å². The smallest absolute Gasteiger partial charge is 0.354 e. The minimum atomic E-state index is -1.04. The van der Waals surface area contributed by atoms with Crippen LogP contribution in [0.2, 0.25) is 5.02 Å². The molecule has 0 saturated heterocycles. The van der Waals surface area contributed by atoms with Gasteiger partial charge in [-0.15, -0.1) is 0 Å². The zero-order chi connectivity index (χ0) is 21.3. The summed E-state index contributed by atoms with van der Waals surface area (Å²) in [6.45, 7) is 7.18. The molecule has 0 spiro atoms. The Balaban J connectivity index is 1.63. The number of anilines is 1. The van der Waals surface area contributed by atoms with Crippen LogP contribution < -0.4 is 5.32 Å². The van der Waals surface area contributed by atoms with Gasteiger partial charge in [-0.3, -0.25) is 0 Å². The topological polar surface area (TPSA) is 90.4 Å². The van der Waals surface area contributed by atoms with Gasteiger partial charge in [0, 0.05) is 33.9 Å². The third kappa shape index (κ3) is 3.90. The molecule has 4 rings (SSSR count). The number of aromatic nitrogens is 1. The molecule has 1 heterocycles. The van der Waals surface area contributed by atoms with E-state index in [-0.39, 0.29) is 17.7 Å². The fraction of sp³-hybridized carbons (Fsp3) is 0.391. The van der Waals surface area contributed by atoms with Gasteiger partial charge in [-0.2, -0.15) is 0 Å². The van der Waals surface area contributed by atoms with Gasteiger partial charge in [-0.25, -0.2) is 14.6 Å². The average Bonchev–Trinajstić information content (AvgIpc) is 3.27. The molecule has 7 heteroatoms. The van der Waals surface area contributed by atoms with Crippen molar-refractivity contribution in [1.82, 2.24) is 4.98 Å². The van der Waals surface area contributed by atoms with Gasteiger partial charge in [0.15, 0.2) is 0 Å². The van der Waals surface area contributed by atoms with Gasteiger partial charge in [-0.1, -0.05) is 30.5 Å².